The summed E-state index contributed by atoms with van der Waals surface area (Å²) in [5.41, 5.74) is 1.78. The molecule has 0 N–H and O–H groups in total. The van der Waals surface area contributed by atoms with Gasteiger partial charge in [-0.25, -0.2) is 4.98 Å². The molecule has 0 atom stereocenters. The molecule has 2 aliphatic rings. The molecule has 8 heteroatoms. The van der Waals surface area contributed by atoms with Gasteiger partial charge in [-0.1, -0.05) is 19.9 Å². The van der Waals surface area contributed by atoms with E-state index in [1.165, 1.54) is 5.69 Å². The van der Waals surface area contributed by atoms with Crippen LogP contribution in [0.4, 0.5) is 10.8 Å². The van der Waals surface area contributed by atoms with E-state index in [9.17, 15) is 4.79 Å². The maximum absolute atomic E-state index is 12.9. The topological polar surface area (TPSA) is 52.2 Å². The maximum Gasteiger partial charge on any atom is 0.273 e. The third-order valence-corrected chi connectivity index (χ3v) is 6.86. The van der Waals surface area contributed by atoms with Gasteiger partial charge in [-0.05, 0) is 18.1 Å². The van der Waals surface area contributed by atoms with E-state index in [-0.39, 0.29) is 5.91 Å². The molecule has 168 valence electrons. The minimum absolute atomic E-state index is 0.0710. The van der Waals surface area contributed by atoms with Crippen molar-refractivity contribution in [3.63, 3.8) is 0 Å². The molecular weight excluding hydrogens is 410 g/mol. The summed E-state index contributed by atoms with van der Waals surface area (Å²) in [4.78, 5) is 26.7. The average molecular weight is 444 g/mol. The van der Waals surface area contributed by atoms with Gasteiger partial charge in [0.25, 0.3) is 5.91 Å². The minimum atomic E-state index is 0.0710. The number of benzene rings is 1. The molecular formula is C23H33N5O2S. The third-order valence-electron chi connectivity index (χ3n) is 5.96. The lowest BCUT2D eigenvalue weighted by Gasteiger charge is -2.36. The van der Waals surface area contributed by atoms with Crippen LogP contribution in [0.1, 0.15) is 24.3 Å². The van der Waals surface area contributed by atoms with Gasteiger partial charge in [0.05, 0.1) is 7.11 Å². The Bertz CT molecular complexity index is 870. The Morgan fingerprint density at radius 2 is 1.77 bits per heavy atom. The Balaban J connectivity index is 1.31. The Morgan fingerprint density at radius 3 is 2.45 bits per heavy atom. The lowest BCUT2D eigenvalue weighted by atomic mass is 10.2. The fraction of sp³-hybridized carbons (Fsp3) is 0.565. The molecule has 3 heterocycles. The summed E-state index contributed by atoms with van der Waals surface area (Å²) in [6, 6.07) is 8.20. The summed E-state index contributed by atoms with van der Waals surface area (Å²) in [6.07, 6.45) is 0. The number of thiazole rings is 1. The second-order valence-corrected chi connectivity index (χ2v) is 9.51. The van der Waals surface area contributed by atoms with Crippen LogP contribution >= 0.6 is 11.3 Å². The van der Waals surface area contributed by atoms with Crippen LogP contribution in [0.5, 0.6) is 5.75 Å². The number of piperazine rings is 2. The van der Waals surface area contributed by atoms with Crippen LogP contribution in [0.25, 0.3) is 0 Å². The molecule has 2 fully saturated rings. The number of rotatable bonds is 6. The summed E-state index contributed by atoms with van der Waals surface area (Å²) < 4.78 is 5.35. The molecule has 4 rings (SSSR count). The molecule has 0 unspecified atom stereocenters. The van der Waals surface area contributed by atoms with Crippen LogP contribution in [-0.4, -0.2) is 86.7 Å². The van der Waals surface area contributed by atoms with Crippen LogP contribution in [0.3, 0.4) is 0 Å². The van der Waals surface area contributed by atoms with E-state index < -0.39 is 0 Å². The first-order valence-corrected chi connectivity index (χ1v) is 12.0. The molecule has 0 spiro atoms. The predicted molar refractivity (Wildman–Crippen MR) is 127 cm³/mol. The van der Waals surface area contributed by atoms with Gasteiger partial charge in [-0.3, -0.25) is 9.69 Å². The van der Waals surface area contributed by atoms with Crippen LogP contribution in [0, 0.1) is 5.92 Å². The molecule has 2 aliphatic heterocycles. The van der Waals surface area contributed by atoms with Gasteiger partial charge < -0.3 is 19.4 Å². The maximum atomic E-state index is 12.9. The smallest absolute Gasteiger partial charge is 0.273 e. The normalized spacial score (nSPS) is 18.0. The summed E-state index contributed by atoms with van der Waals surface area (Å²) >= 11 is 1.58. The lowest BCUT2D eigenvalue weighted by molar-refractivity contribution is 0.0619. The first-order chi connectivity index (χ1) is 15.0. The first-order valence-electron chi connectivity index (χ1n) is 11.1. The Kier molecular flexibility index (Phi) is 6.97. The Labute approximate surface area is 189 Å². The number of amides is 1. The number of carbonyl (C=O) groups is 1. The number of hydrogen-bond acceptors (Lipinski definition) is 7. The Hall–Kier alpha value is -2.32. The molecule has 0 bridgehead atoms. The van der Waals surface area contributed by atoms with Crippen LogP contribution < -0.4 is 14.5 Å². The summed E-state index contributed by atoms with van der Waals surface area (Å²) in [6.45, 7) is 12.7. The average Bonchev–Trinajstić information content (AvgIpc) is 3.29. The number of nitrogens with zero attached hydrogens (tertiary/aromatic N) is 5. The number of anilines is 2. The molecule has 1 aromatic carbocycles. The van der Waals surface area contributed by atoms with Gasteiger partial charge in [-0.2, -0.15) is 0 Å². The molecule has 2 saturated heterocycles. The highest BCUT2D eigenvalue weighted by Gasteiger charge is 2.26. The molecule has 1 amide bonds. The second-order valence-electron chi connectivity index (χ2n) is 8.68. The van der Waals surface area contributed by atoms with E-state index >= 15 is 0 Å². The van der Waals surface area contributed by atoms with Crippen molar-refractivity contribution in [3.8, 4) is 5.75 Å². The van der Waals surface area contributed by atoms with E-state index in [1.807, 2.05) is 22.4 Å². The quantitative estimate of drug-likeness (QED) is 0.684. The van der Waals surface area contributed by atoms with Crippen molar-refractivity contribution >= 4 is 28.1 Å². The monoisotopic (exact) mass is 443 g/mol. The van der Waals surface area contributed by atoms with Gasteiger partial charge in [0, 0.05) is 76.0 Å². The lowest BCUT2D eigenvalue weighted by Crippen LogP contribution is -2.49. The number of ether oxygens (including phenoxy) is 1. The standard InChI is InChI=1S/C23H33N5O2S/c1-18(2)16-25-7-9-27(10-8-25)22(29)21-17-31-23(24-21)28-13-11-26(12-14-28)19-5-4-6-20(15-19)30-3/h4-6,15,17-18H,7-14,16H2,1-3H3. The fourth-order valence-corrected chi connectivity index (χ4v) is 5.14. The molecule has 0 radical (unpaired) electrons. The number of hydrogen-bond donors (Lipinski definition) is 0. The molecule has 0 saturated carbocycles. The molecule has 2 aromatic rings. The summed E-state index contributed by atoms with van der Waals surface area (Å²) in [7, 11) is 1.70. The van der Waals surface area contributed by atoms with Gasteiger partial charge in [0.15, 0.2) is 5.13 Å². The van der Waals surface area contributed by atoms with Gasteiger partial charge in [-0.15, -0.1) is 11.3 Å². The van der Waals surface area contributed by atoms with E-state index in [4.69, 9.17) is 9.72 Å². The fourth-order valence-electron chi connectivity index (χ4n) is 4.28. The van der Waals surface area contributed by atoms with E-state index in [1.54, 1.807) is 18.4 Å². The SMILES string of the molecule is COc1cccc(N2CCN(c3nc(C(=O)N4CCN(CC(C)C)CC4)cs3)CC2)c1. The van der Waals surface area contributed by atoms with Crippen molar-refractivity contribution in [1.82, 2.24) is 14.8 Å². The minimum Gasteiger partial charge on any atom is -0.497 e. The predicted octanol–water partition coefficient (Wildman–Crippen LogP) is 2.89. The van der Waals surface area contributed by atoms with Crippen molar-refractivity contribution in [3.05, 3.63) is 35.3 Å². The largest absolute Gasteiger partial charge is 0.497 e. The zero-order valence-electron chi connectivity index (χ0n) is 18.8. The van der Waals surface area contributed by atoms with Gasteiger partial charge in [0.1, 0.15) is 11.4 Å². The van der Waals surface area contributed by atoms with Crippen molar-refractivity contribution < 1.29 is 9.53 Å². The molecule has 0 aliphatic carbocycles. The second kappa shape index (κ2) is 9.87. The third kappa shape index (κ3) is 5.30. The van der Waals surface area contributed by atoms with Crippen LogP contribution in [0.2, 0.25) is 0 Å². The van der Waals surface area contributed by atoms with Crippen molar-refractivity contribution in [2.45, 2.75) is 13.8 Å². The number of methoxy groups -OCH3 is 1. The molecule has 7 nitrogen and oxygen atoms in total. The Morgan fingerprint density at radius 1 is 1.06 bits per heavy atom. The highest BCUT2D eigenvalue weighted by atomic mass is 32.1. The first kappa shape index (κ1) is 21.9. The van der Waals surface area contributed by atoms with Crippen molar-refractivity contribution in [1.29, 1.82) is 0 Å². The highest BCUT2D eigenvalue weighted by molar-refractivity contribution is 7.13. The molecule has 31 heavy (non-hydrogen) atoms. The van der Waals surface area contributed by atoms with Gasteiger partial charge in [0.2, 0.25) is 0 Å². The highest BCUT2D eigenvalue weighted by Crippen LogP contribution is 2.26. The number of aromatic nitrogens is 1. The molecule has 1 aromatic heterocycles. The van der Waals surface area contributed by atoms with Gasteiger partial charge >= 0.3 is 0 Å². The zero-order chi connectivity index (χ0) is 21.8. The van der Waals surface area contributed by atoms with Crippen molar-refractivity contribution in [2.75, 3.05) is 75.8 Å². The van der Waals surface area contributed by atoms with E-state index in [0.717, 1.165) is 69.8 Å². The van der Waals surface area contributed by atoms with E-state index in [0.29, 0.717) is 11.6 Å². The van der Waals surface area contributed by atoms with Crippen molar-refractivity contribution in [2.24, 2.45) is 5.92 Å². The number of carbonyl (C=O) groups excluding carboxylic acids is 1. The zero-order valence-corrected chi connectivity index (χ0v) is 19.6. The summed E-state index contributed by atoms with van der Waals surface area (Å²) in [5, 5.41) is 2.87. The van der Waals surface area contributed by atoms with E-state index in [2.05, 4.69) is 40.7 Å². The van der Waals surface area contributed by atoms with Crippen LogP contribution in [0.15, 0.2) is 29.6 Å². The van der Waals surface area contributed by atoms with Crippen LogP contribution in [-0.2, 0) is 0 Å². The summed E-state index contributed by atoms with van der Waals surface area (Å²) in [5.74, 6) is 1.61.